The van der Waals surface area contributed by atoms with Gasteiger partial charge in [0.25, 0.3) is 0 Å². The first-order chi connectivity index (χ1) is 16.1. The van der Waals surface area contributed by atoms with Crippen molar-refractivity contribution in [3.8, 4) is 5.75 Å². The van der Waals surface area contributed by atoms with E-state index in [1.807, 2.05) is 42.5 Å². The van der Waals surface area contributed by atoms with E-state index in [0.29, 0.717) is 13.0 Å². The van der Waals surface area contributed by atoms with Crippen LogP contribution in [0.3, 0.4) is 0 Å². The maximum atomic E-state index is 12.3. The zero-order valence-electron chi connectivity index (χ0n) is 20.6. The van der Waals surface area contributed by atoms with E-state index in [2.05, 4.69) is 19.2 Å². The molecule has 8 heteroatoms. The number of hydrogen-bond donors (Lipinski definition) is 1. The number of hydrogen-bond acceptors (Lipinski definition) is 6. The van der Waals surface area contributed by atoms with Crippen molar-refractivity contribution in [3.05, 3.63) is 59.1 Å². The van der Waals surface area contributed by atoms with E-state index in [4.69, 9.17) is 31.5 Å². The fourth-order valence-electron chi connectivity index (χ4n) is 3.75. The summed E-state index contributed by atoms with van der Waals surface area (Å²) in [6.45, 7) is 8.89. The number of ether oxygens (including phenoxy) is 3. The quantitative estimate of drug-likeness (QED) is 0.187. The van der Waals surface area contributed by atoms with Crippen molar-refractivity contribution in [1.82, 2.24) is 0 Å². The molecule has 0 spiro atoms. The molecule has 186 valence electrons. The van der Waals surface area contributed by atoms with Crippen molar-refractivity contribution in [3.63, 3.8) is 0 Å². The van der Waals surface area contributed by atoms with E-state index in [9.17, 15) is 9.59 Å². The number of aryl methyl sites for hydroxylation is 1. The molecule has 0 unspecified atom stereocenters. The summed E-state index contributed by atoms with van der Waals surface area (Å²) in [5.41, 5.74) is 5.24. The predicted molar refractivity (Wildman–Crippen MR) is 138 cm³/mol. The van der Waals surface area contributed by atoms with Gasteiger partial charge >= 0.3 is 11.9 Å². The summed E-state index contributed by atoms with van der Waals surface area (Å²) < 4.78 is 15.9. The second-order valence-electron chi connectivity index (χ2n) is 8.87. The highest BCUT2D eigenvalue weighted by molar-refractivity contribution is 6.91. The Morgan fingerprint density at radius 3 is 2.12 bits per heavy atom. The lowest BCUT2D eigenvalue weighted by atomic mass is 9.92. The van der Waals surface area contributed by atoms with Crippen LogP contribution in [0.1, 0.15) is 32.3 Å². The summed E-state index contributed by atoms with van der Waals surface area (Å²) in [6.07, 6.45) is 1.46. The van der Waals surface area contributed by atoms with Crippen LogP contribution in [0.5, 0.6) is 5.75 Å². The van der Waals surface area contributed by atoms with E-state index >= 15 is 0 Å². The topological polar surface area (TPSA) is 87.9 Å². The average molecular weight is 506 g/mol. The highest BCUT2D eigenvalue weighted by Gasteiger charge is 2.44. The summed E-state index contributed by atoms with van der Waals surface area (Å²) in [5.74, 6) is -0.760. The SMILES string of the molecule is CCOC(=O)C(N)(CCc1ccc(OCCC[Si](C)(C)c2ccccc2Cl)cc1)C(=O)OCC. The van der Waals surface area contributed by atoms with Gasteiger partial charge in [0.2, 0.25) is 5.54 Å². The standard InChI is InChI=1S/C26H36ClNO5Si/c1-5-31-24(29)26(28,25(30)32-6-2)17-16-20-12-14-21(15-13-20)33-18-9-19-34(3,4)23-11-8-7-10-22(23)27/h7-8,10-15H,5-6,9,16-19,28H2,1-4H3. The van der Waals surface area contributed by atoms with Crippen LogP contribution in [-0.2, 0) is 25.5 Å². The summed E-state index contributed by atoms with van der Waals surface area (Å²) in [6, 6.07) is 16.8. The van der Waals surface area contributed by atoms with Gasteiger partial charge in [-0.05, 0) is 62.1 Å². The van der Waals surface area contributed by atoms with Crippen LogP contribution in [0.25, 0.3) is 0 Å². The molecule has 2 N–H and O–H groups in total. The molecule has 0 fully saturated rings. The molecule has 2 aromatic carbocycles. The molecule has 0 saturated carbocycles. The van der Waals surface area contributed by atoms with Gasteiger partial charge in [0, 0.05) is 5.02 Å². The van der Waals surface area contributed by atoms with Crippen molar-refractivity contribution in [2.24, 2.45) is 5.73 Å². The Morgan fingerprint density at radius 2 is 1.56 bits per heavy atom. The second-order valence-corrected chi connectivity index (χ2v) is 14.1. The number of carbonyl (C=O) groups excluding carboxylic acids is 2. The Bertz CT molecular complexity index is 930. The van der Waals surface area contributed by atoms with Crippen LogP contribution >= 0.6 is 11.6 Å². The van der Waals surface area contributed by atoms with Gasteiger partial charge in [0.15, 0.2) is 0 Å². The monoisotopic (exact) mass is 505 g/mol. The number of rotatable bonds is 13. The molecule has 2 aromatic rings. The van der Waals surface area contributed by atoms with E-state index < -0.39 is 25.6 Å². The number of esters is 2. The molecule has 34 heavy (non-hydrogen) atoms. The van der Waals surface area contributed by atoms with Crippen LogP contribution in [0, 0.1) is 0 Å². The van der Waals surface area contributed by atoms with Crippen LogP contribution in [-0.4, -0.2) is 45.4 Å². The minimum atomic E-state index is -1.82. The Kier molecular flexibility index (Phi) is 10.6. The molecule has 0 aliphatic heterocycles. The zero-order chi connectivity index (χ0) is 25.2. The largest absolute Gasteiger partial charge is 0.494 e. The molecule has 0 saturated heterocycles. The fraction of sp³-hybridized carbons (Fsp3) is 0.462. The molecule has 0 heterocycles. The molecule has 0 aliphatic carbocycles. The van der Waals surface area contributed by atoms with E-state index in [-0.39, 0.29) is 19.6 Å². The molecule has 0 amide bonds. The Labute approximate surface area is 208 Å². The summed E-state index contributed by atoms with van der Waals surface area (Å²) in [4.78, 5) is 24.6. The van der Waals surface area contributed by atoms with E-state index in [1.54, 1.807) is 13.8 Å². The summed E-state index contributed by atoms with van der Waals surface area (Å²) in [7, 11) is -1.63. The van der Waals surface area contributed by atoms with Gasteiger partial charge in [-0.1, -0.05) is 61.1 Å². The van der Waals surface area contributed by atoms with Crippen molar-refractivity contribution in [2.75, 3.05) is 19.8 Å². The van der Waals surface area contributed by atoms with Gasteiger partial charge in [0.05, 0.1) is 27.9 Å². The first kappa shape index (κ1) is 27.9. The normalized spacial score (nSPS) is 11.7. The first-order valence-corrected chi connectivity index (χ1v) is 15.3. The lowest BCUT2D eigenvalue weighted by molar-refractivity contribution is -0.164. The average Bonchev–Trinajstić information content (AvgIpc) is 2.81. The maximum Gasteiger partial charge on any atom is 0.337 e. The van der Waals surface area contributed by atoms with Crippen LogP contribution in [0.15, 0.2) is 48.5 Å². The Morgan fingerprint density at radius 1 is 0.971 bits per heavy atom. The van der Waals surface area contributed by atoms with Crippen LogP contribution in [0.2, 0.25) is 24.2 Å². The molecule has 0 radical (unpaired) electrons. The third-order valence-corrected chi connectivity index (χ3v) is 9.81. The van der Waals surface area contributed by atoms with Crippen molar-refractivity contribution in [1.29, 1.82) is 0 Å². The summed E-state index contributed by atoms with van der Waals surface area (Å²) in [5, 5.41) is 2.13. The molecular formula is C26H36ClNO5Si. The Balaban J connectivity index is 1.88. The van der Waals surface area contributed by atoms with Crippen molar-refractivity contribution >= 4 is 36.8 Å². The first-order valence-electron chi connectivity index (χ1n) is 11.7. The molecule has 2 rings (SSSR count). The minimum absolute atomic E-state index is 0.0899. The third kappa shape index (κ3) is 7.58. The van der Waals surface area contributed by atoms with Gasteiger partial charge in [-0.25, -0.2) is 9.59 Å². The number of benzene rings is 2. The number of nitrogens with two attached hydrogens (primary N) is 1. The molecular weight excluding hydrogens is 470 g/mol. The summed E-state index contributed by atoms with van der Waals surface area (Å²) >= 11 is 6.40. The zero-order valence-corrected chi connectivity index (χ0v) is 22.3. The van der Waals surface area contributed by atoms with Gasteiger partial charge < -0.3 is 19.9 Å². The van der Waals surface area contributed by atoms with Crippen molar-refractivity contribution < 1.29 is 23.8 Å². The highest BCUT2D eigenvalue weighted by Crippen LogP contribution is 2.21. The van der Waals surface area contributed by atoms with Gasteiger partial charge in [-0.2, -0.15) is 0 Å². The second kappa shape index (κ2) is 12.9. The molecule has 0 bridgehead atoms. The minimum Gasteiger partial charge on any atom is -0.494 e. The van der Waals surface area contributed by atoms with Gasteiger partial charge in [-0.3, -0.25) is 0 Å². The number of halogens is 1. The molecule has 0 aromatic heterocycles. The van der Waals surface area contributed by atoms with E-state index in [1.165, 1.54) is 5.19 Å². The predicted octanol–water partition coefficient (Wildman–Crippen LogP) is 4.48. The van der Waals surface area contributed by atoms with Crippen molar-refractivity contribution in [2.45, 2.75) is 57.8 Å². The Hall–Kier alpha value is -2.35. The molecule has 0 atom stereocenters. The van der Waals surface area contributed by atoms with Crippen LogP contribution in [0.4, 0.5) is 0 Å². The fourth-order valence-corrected chi connectivity index (χ4v) is 7.23. The molecule has 6 nitrogen and oxygen atoms in total. The molecule has 0 aliphatic rings. The maximum absolute atomic E-state index is 12.3. The van der Waals surface area contributed by atoms with Gasteiger partial charge in [0.1, 0.15) is 5.75 Å². The highest BCUT2D eigenvalue weighted by atomic mass is 35.5. The lowest BCUT2D eigenvalue weighted by Crippen LogP contribution is -2.57. The number of carbonyl (C=O) groups is 2. The van der Waals surface area contributed by atoms with Crippen LogP contribution < -0.4 is 15.7 Å². The smallest absolute Gasteiger partial charge is 0.337 e. The van der Waals surface area contributed by atoms with E-state index in [0.717, 1.165) is 28.8 Å². The van der Waals surface area contributed by atoms with Gasteiger partial charge in [-0.15, -0.1) is 0 Å². The third-order valence-electron chi connectivity index (χ3n) is 5.83. The lowest BCUT2D eigenvalue weighted by Gasteiger charge is -2.24.